The lowest BCUT2D eigenvalue weighted by Crippen LogP contribution is -2.26. The zero-order valence-corrected chi connectivity index (χ0v) is 10.8. The number of nitrogens with two attached hydrogens (primary N) is 1. The molecule has 4 nitrogen and oxygen atoms in total. The Morgan fingerprint density at radius 2 is 1.68 bits per heavy atom. The van der Waals surface area contributed by atoms with E-state index in [1.165, 1.54) is 0 Å². The van der Waals surface area contributed by atoms with Gasteiger partial charge in [-0.1, -0.05) is 60.1 Å². The summed E-state index contributed by atoms with van der Waals surface area (Å²) in [6, 6.07) is 16.0. The van der Waals surface area contributed by atoms with Crippen LogP contribution >= 0.6 is 11.6 Å². The van der Waals surface area contributed by atoms with E-state index in [0.29, 0.717) is 10.7 Å². The van der Waals surface area contributed by atoms with Crippen molar-refractivity contribution in [2.24, 2.45) is 10.8 Å². The summed E-state index contributed by atoms with van der Waals surface area (Å²) < 4.78 is 0. The van der Waals surface area contributed by atoms with E-state index in [9.17, 15) is 4.79 Å². The maximum atomic E-state index is 10.8. The highest BCUT2D eigenvalue weighted by Crippen LogP contribution is 2.19. The van der Waals surface area contributed by atoms with Crippen LogP contribution in [0.25, 0.3) is 0 Å². The van der Waals surface area contributed by atoms with Gasteiger partial charge in [0.15, 0.2) is 0 Å². The monoisotopic (exact) mass is 273 g/mol. The molecule has 0 aromatic heterocycles. The number of nitrogens with zero attached hydrogens (tertiary/aromatic N) is 1. The smallest absolute Gasteiger partial charge is 0.332 e. The summed E-state index contributed by atoms with van der Waals surface area (Å²) in [6.07, 6.45) is 0. The molecule has 0 aliphatic carbocycles. The maximum Gasteiger partial charge on any atom is 0.332 e. The molecule has 0 unspecified atom stereocenters. The summed E-state index contributed by atoms with van der Waals surface area (Å²) in [5.74, 6) is 0. The summed E-state index contributed by atoms with van der Waals surface area (Å²) in [6.45, 7) is 0. The molecular formula is C14H12ClN3O. The molecule has 2 aromatic rings. The fraction of sp³-hybridized carbons (Fsp3) is 0. The predicted octanol–water partition coefficient (Wildman–Crippen LogP) is 2.76. The van der Waals surface area contributed by atoms with Crippen LogP contribution in [-0.2, 0) is 0 Å². The number of urea groups is 1. The van der Waals surface area contributed by atoms with Gasteiger partial charge in [-0.2, -0.15) is 5.10 Å². The molecule has 0 fully saturated rings. The zero-order chi connectivity index (χ0) is 13.7. The minimum Gasteiger partial charge on any atom is -0.350 e. The lowest BCUT2D eigenvalue weighted by molar-refractivity contribution is 0.249. The minimum atomic E-state index is -0.722. The van der Waals surface area contributed by atoms with Gasteiger partial charge in [0, 0.05) is 11.1 Å². The van der Waals surface area contributed by atoms with E-state index >= 15 is 0 Å². The number of hydrazone groups is 1. The number of amides is 2. The number of primary amides is 1. The Bertz CT molecular complexity index is 611. The lowest BCUT2D eigenvalue weighted by Gasteiger charge is -2.08. The normalized spacial score (nSPS) is 11.1. The van der Waals surface area contributed by atoms with Gasteiger partial charge in [0.2, 0.25) is 0 Å². The molecule has 0 atom stereocenters. The first-order valence-corrected chi connectivity index (χ1v) is 5.99. The Morgan fingerprint density at radius 1 is 1.05 bits per heavy atom. The Kier molecular flexibility index (Phi) is 4.15. The molecule has 0 aliphatic rings. The van der Waals surface area contributed by atoms with Crippen molar-refractivity contribution in [2.45, 2.75) is 0 Å². The first kappa shape index (κ1) is 13.1. The van der Waals surface area contributed by atoms with Crippen molar-refractivity contribution in [2.75, 3.05) is 0 Å². The van der Waals surface area contributed by atoms with Crippen LogP contribution < -0.4 is 11.2 Å². The number of carbonyl (C=O) groups excluding carboxylic acids is 1. The van der Waals surface area contributed by atoms with E-state index in [2.05, 4.69) is 10.5 Å². The van der Waals surface area contributed by atoms with Crippen molar-refractivity contribution < 1.29 is 4.79 Å². The molecule has 0 saturated heterocycles. The molecule has 0 radical (unpaired) electrons. The van der Waals surface area contributed by atoms with Crippen molar-refractivity contribution >= 4 is 23.3 Å². The number of halogens is 1. The summed E-state index contributed by atoms with van der Waals surface area (Å²) in [5.41, 5.74) is 9.41. The fourth-order valence-corrected chi connectivity index (χ4v) is 1.87. The molecule has 2 amide bonds. The Labute approximate surface area is 115 Å². The van der Waals surface area contributed by atoms with Crippen molar-refractivity contribution in [3.63, 3.8) is 0 Å². The summed E-state index contributed by atoms with van der Waals surface area (Å²) in [7, 11) is 0. The maximum absolute atomic E-state index is 10.8. The van der Waals surface area contributed by atoms with Crippen molar-refractivity contribution in [1.29, 1.82) is 0 Å². The van der Waals surface area contributed by atoms with Gasteiger partial charge in [-0.15, -0.1) is 0 Å². The zero-order valence-electron chi connectivity index (χ0n) is 10.0. The molecule has 2 aromatic carbocycles. The molecule has 0 aliphatic heterocycles. The van der Waals surface area contributed by atoms with Crippen LogP contribution in [0.2, 0.25) is 5.02 Å². The largest absolute Gasteiger partial charge is 0.350 e. The molecule has 0 spiro atoms. The van der Waals surface area contributed by atoms with E-state index in [-0.39, 0.29) is 0 Å². The van der Waals surface area contributed by atoms with Gasteiger partial charge in [0.25, 0.3) is 0 Å². The first-order valence-electron chi connectivity index (χ1n) is 5.62. The van der Waals surface area contributed by atoms with Crippen LogP contribution in [0, 0.1) is 0 Å². The van der Waals surface area contributed by atoms with Gasteiger partial charge in [0.1, 0.15) is 0 Å². The highest BCUT2D eigenvalue weighted by Gasteiger charge is 2.10. The topological polar surface area (TPSA) is 67.5 Å². The Morgan fingerprint density at radius 3 is 2.32 bits per heavy atom. The lowest BCUT2D eigenvalue weighted by atomic mass is 10.0. The van der Waals surface area contributed by atoms with Gasteiger partial charge in [-0.3, -0.25) is 0 Å². The van der Waals surface area contributed by atoms with E-state index in [1.807, 2.05) is 48.5 Å². The second-order valence-corrected chi connectivity index (χ2v) is 4.19. The molecule has 2 rings (SSSR count). The van der Waals surface area contributed by atoms with Crippen molar-refractivity contribution in [1.82, 2.24) is 5.43 Å². The van der Waals surface area contributed by atoms with Gasteiger partial charge in [-0.25, -0.2) is 10.2 Å². The molecule has 0 saturated carbocycles. The van der Waals surface area contributed by atoms with Crippen LogP contribution in [0.4, 0.5) is 4.79 Å². The third-order valence-electron chi connectivity index (χ3n) is 2.45. The summed E-state index contributed by atoms with van der Waals surface area (Å²) in [5, 5.41) is 4.58. The molecular weight excluding hydrogens is 262 g/mol. The average Bonchev–Trinajstić information content (AvgIpc) is 2.42. The van der Waals surface area contributed by atoms with E-state index in [0.717, 1.165) is 11.1 Å². The molecule has 19 heavy (non-hydrogen) atoms. The number of carbonyl (C=O) groups is 1. The van der Waals surface area contributed by atoms with Crippen LogP contribution in [0.3, 0.4) is 0 Å². The number of rotatable bonds is 3. The molecule has 0 heterocycles. The average molecular weight is 274 g/mol. The molecule has 5 heteroatoms. The highest BCUT2D eigenvalue weighted by molar-refractivity contribution is 6.35. The first-order chi connectivity index (χ1) is 9.18. The van der Waals surface area contributed by atoms with Crippen molar-refractivity contribution in [3.8, 4) is 0 Å². The van der Waals surface area contributed by atoms with Crippen molar-refractivity contribution in [3.05, 3.63) is 70.7 Å². The van der Waals surface area contributed by atoms with E-state index < -0.39 is 6.03 Å². The van der Waals surface area contributed by atoms with Gasteiger partial charge < -0.3 is 5.73 Å². The van der Waals surface area contributed by atoms with Gasteiger partial charge in [0.05, 0.1) is 10.7 Å². The quantitative estimate of drug-likeness (QED) is 0.655. The number of nitrogens with one attached hydrogen (secondary N) is 1. The van der Waals surface area contributed by atoms with E-state index in [1.54, 1.807) is 6.07 Å². The van der Waals surface area contributed by atoms with E-state index in [4.69, 9.17) is 17.3 Å². The van der Waals surface area contributed by atoms with Crippen LogP contribution in [0.1, 0.15) is 11.1 Å². The number of benzene rings is 2. The number of hydrogen-bond acceptors (Lipinski definition) is 2. The Hall–Kier alpha value is -2.33. The van der Waals surface area contributed by atoms with Crippen LogP contribution in [0.5, 0.6) is 0 Å². The summed E-state index contributed by atoms with van der Waals surface area (Å²) >= 11 is 6.16. The predicted molar refractivity (Wildman–Crippen MR) is 76.3 cm³/mol. The second-order valence-electron chi connectivity index (χ2n) is 3.78. The van der Waals surface area contributed by atoms with Gasteiger partial charge in [-0.05, 0) is 6.07 Å². The summed E-state index contributed by atoms with van der Waals surface area (Å²) in [4.78, 5) is 10.8. The SMILES string of the molecule is NC(=O)N/N=C(\c1ccccc1)c1ccccc1Cl. The standard InChI is InChI=1S/C14H12ClN3O/c15-12-9-5-4-8-11(12)13(17-18-14(16)19)10-6-2-1-3-7-10/h1-9H,(H3,16,18,19)/b17-13+. The molecule has 0 bridgehead atoms. The fourth-order valence-electron chi connectivity index (χ4n) is 1.64. The van der Waals surface area contributed by atoms with Crippen LogP contribution in [0.15, 0.2) is 59.7 Å². The number of hydrogen-bond donors (Lipinski definition) is 2. The van der Waals surface area contributed by atoms with Crippen LogP contribution in [-0.4, -0.2) is 11.7 Å². The third-order valence-corrected chi connectivity index (χ3v) is 2.78. The second kappa shape index (κ2) is 6.02. The molecule has 3 N–H and O–H groups in total. The third kappa shape index (κ3) is 3.33. The van der Waals surface area contributed by atoms with Gasteiger partial charge >= 0.3 is 6.03 Å². The highest BCUT2D eigenvalue weighted by atomic mass is 35.5. The minimum absolute atomic E-state index is 0.552. The Balaban J connectivity index is 2.50. The molecule has 96 valence electrons.